The van der Waals surface area contributed by atoms with E-state index in [1.54, 1.807) is 33.3 Å². The van der Waals surface area contributed by atoms with Gasteiger partial charge in [0.2, 0.25) is 15.9 Å². The average molecular weight is 767 g/mol. The molecular weight excluding hydrogens is 713 g/mol. The van der Waals surface area contributed by atoms with Crippen LogP contribution in [0.1, 0.15) is 87.5 Å². The first-order chi connectivity index (χ1) is 25.4. The summed E-state index contributed by atoms with van der Waals surface area (Å²) in [5.74, 6) is -0.110. The van der Waals surface area contributed by atoms with Crippen molar-refractivity contribution < 1.29 is 28.3 Å². The van der Waals surface area contributed by atoms with Crippen molar-refractivity contribution in [2.45, 2.75) is 102 Å². The second-order valence-electron chi connectivity index (χ2n) is 14.7. The number of rotatable bonds is 18. The van der Waals surface area contributed by atoms with Crippen molar-refractivity contribution >= 4 is 39.5 Å². The van der Waals surface area contributed by atoms with Gasteiger partial charge in [0.1, 0.15) is 6.04 Å². The smallest absolute Gasteiger partial charge is 0.321 e. The first-order valence-electron chi connectivity index (χ1n) is 18.7. The normalized spacial score (nSPS) is 18.0. The van der Waals surface area contributed by atoms with Crippen molar-refractivity contribution in [2.75, 3.05) is 26.2 Å². The van der Waals surface area contributed by atoms with Gasteiger partial charge in [-0.15, -0.1) is 11.3 Å². The van der Waals surface area contributed by atoms with Gasteiger partial charge in [-0.25, -0.2) is 18.2 Å². The molecule has 2 aromatic carbocycles. The maximum Gasteiger partial charge on any atom is 0.321 e. The van der Waals surface area contributed by atoms with Crippen molar-refractivity contribution in [1.29, 1.82) is 0 Å². The van der Waals surface area contributed by atoms with E-state index in [0.717, 1.165) is 41.9 Å². The topological polar surface area (TPSA) is 156 Å². The fourth-order valence-electron chi connectivity index (χ4n) is 7.24. The van der Waals surface area contributed by atoms with Crippen LogP contribution in [0.15, 0.2) is 70.0 Å². The van der Waals surface area contributed by atoms with Gasteiger partial charge in [-0.05, 0) is 54.4 Å². The Morgan fingerprint density at radius 2 is 1.79 bits per heavy atom. The maximum absolute atomic E-state index is 14.4. The minimum atomic E-state index is -4.05. The number of hydrogen-bond donors (Lipinski definition) is 3. The molecule has 1 saturated carbocycles. The molecule has 2 aliphatic rings. The quantitative estimate of drug-likeness (QED) is 0.0853. The number of benzene rings is 2. The third-order valence-corrected chi connectivity index (χ3v) is 13.5. The second-order valence-corrected chi connectivity index (χ2v) is 17.5. The fourth-order valence-corrected chi connectivity index (χ4v) is 9.60. The maximum atomic E-state index is 14.4. The number of carbonyl (C=O) groups is 2. The summed E-state index contributed by atoms with van der Waals surface area (Å²) in [6, 6.07) is 13.7. The lowest BCUT2D eigenvalue weighted by Crippen LogP contribution is -2.57. The van der Waals surface area contributed by atoms with Crippen LogP contribution in [-0.4, -0.2) is 100 Å². The van der Waals surface area contributed by atoms with Gasteiger partial charge in [-0.2, -0.15) is 4.31 Å². The number of hydrogen-bond acceptors (Lipinski definition) is 9. The number of amides is 3. The van der Waals surface area contributed by atoms with Crippen molar-refractivity contribution in [3.8, 4) is 0 Å². The Labute approximate surface area is 318 Å². The zero-order valence-corrected chi connectivity index (χ0v) is 32.8. The van der Waals surface area contributed by atoms with Crippen molar-refractivity contribution in [3.05, 3.63) is 81.8 Å². The first kappa shape index (κ1) is 40.3. The highest BCUT2D eigenvalue weighted by Crippen LogP contribution is 2.29. The molecule has 0 bridgehead atoms. The van der Waals surface area contributed by atoms with E-state index in [-0.39, 0.29) is 48.2 Å². The van der Waals surface area contributed by atoms with Crippen molar-refractivity contribution in [3.63, 3.8) is 0 Å². The van der Waals surface area contributed by atoms with Gasteiger partial charge in [-0.3, -0.25) is 4.79 Å². The van der Waals surface area contributed by atoms with E-state index in [1.807, 2.05) is 49.6 Å². The summed E-state index contributed by atoms with van der Waals surface area (Å²) in [7, 11) is -4.05. The molecule has 1 aliphatic carbocycles. The van der Waals surface area contributed by atoms with Crippen LogP contribution in [0.5, 0.6) is 0 Å². The Morgan fingerprint density at radius 1 is 1.09 bits per heavy atom. The molecule has 4 atom stereocenters. The largest absolute Gasteiger partial charge is 0.411 e. The van der Waals surface area contributed by atoms with Crippen LogP contribution in [-0.2, 0) is 27.8 Å². The lowest BCUT2D eigenvalue weighted by Gasteiger charge is -2.35. The summed E-state index contributed by atoms with van der Waals surface area (Å²) in [6.45, 7) is 9.34. The van der Waals surface area contributed by atoms with Gasteiger partial charge in [0, 0.05) is 37.5 Å². The highest BCUT2D eigenvalue weighted by molar-refractivity contribution is 7.89. The highest BCUT2D eigenvalue weighted by atomic mass is 32.2. The summed E-state index contributed by atoms with van der Waals surface area (Å²) in [5.41, 5.74) is 2.24. The van der Waals surface area contributed by atoms with Gasteiger partial charge in [0.05, 0.1) is 40.5 Å². The van der Waals surface area contributed by atoms with E-state index in [2.05, 4.69) is 24.3 Å². The Hall–Kier alpha value is -3.85. The summed E-state index contributed by atoms with van der Waals surface area (Å²) in [6.07, 6.45) is 4.71. The number of carbonyl (C=O) groups excluding carboxylic acids is 2. The molecule has 0 spiro atoms. The van der Waals surface area contributed by atoms with E-state index in [1.165, 1.54) is 22.7 Å². The number of oxime groups is 1. The van der Waals surface area contributed by atoms with E-state index >= 15 is 0 Å². The molecule has 3 amide bonds. The third-order valence-electron chi connectivity index (χ3n) is 10.5. The molecule has 2 heterocycles. The summed E-state index contributed by atoms with van der Waals surface area (Å²) in [4.78, 5) is 36.4. The highest BCUT2D eigenvalue weighted by Gasteiger charge is 2.41. The van der Waals surface area contributed by atoms with Gasteiger partial charge >= 0.3 is 6.03 Å². The molecule has 5 rings (SSSR count). The van der Waals surface area contributed by atoms with Gasteiger partial charge in [0.15, 0.2) is 0 Å². The van der Waals surface area contributed by atoms with E-state index in [4.69, 9.17) is 10.2 Å². The molecule has 288 valence electrons. The zero-order valence-electron chi connectivity index (χ0n) is 31.2. The number of aliphatic hydroxyl groups excluding tert-OH is 1. The van der Waals surface area contributed by atoms with Crippen LogP contribution >= 0.6 is 11.3 Å². The standard InChI is InChI=1S/C39H54N6O6S2/c1-5-28(4)36(45-20-19-43(39(45)48)24-32-26-52-38(41-32)27(2)3)37(47)42-34(21-29-11-7-6-8-12-29)35(46)25-44(23-31-13-9-10-14-31)53(50,51)33-17-15-30(16-18-33)22-40-49/h6-8,11-12,15-18,22,26-28,31,34-36,46,49H,5,9-10,13-14,19-21,23-25H2,1-4H3,(H,42,47)/t28?,34-,35+,36-/m0/s1. The molecule has 1 saturated heterocycles. The third kappa shape index (κ3) is 10.2. The predicted octanol–water partition coefficient (Wildman–Crippen LogP) is 5.70. The van der Waals surface area contributed by atoms with E-state index < -0.39 is 28.2 Å². The monoisotopic (exact) mass is 766 g/mol. The van der Waals surface area contributed by atoms with Crippen LogP contribution in [0.25, 0.3) is 0 Å². The first-order valence-corrected chi connectivity index (χ1v) is 21.0. The molecule has 14 heteroatoms. The molecule has 2 fully saturated rings. The van der Waals surface area contributed by atoms with Crippen LogP contribution in [0, 0.1) is 11.8 Å². The Morgan fingerprint density at radius 3 is 2.42 bits per heavy atom. The minimum Gasteiger partial charge on any atom is -0.411 e. The minimum absolute atomic E-state index is 0.0634. The van der Waals surface area contributed by atoms with E-state index in [0.29, 0.717) is 37.5 Å². The second kappa shape index (κ2) is 18.5. The Bertz CT molecular complexity index is 1780. The van der Waals surface area contributed by atoms with Gasteiger partial charge in [-0.1, -0.05) is 94.6 Å². The van der Waals surface area contributed by atoms with Crippen LogP contribution in [0.2, 0.25) is 0 Å². The molecule has 1 unspecified atom stereocenters. The van der Waals surface area contributed by atoms with Crippen molar-refractivity contribution in [2.24, 2.45) is 17.0 Å². The van der Waals surface area contributed by atoms with Crippen LogP contribution in [0.4, 0.5) is 4.79 Å². The van der Waals surface area contributed by atoms with Gasteiger partial charge in [0.25, 0.3) is 0 Å². The lowest BCUT2D eigenvalue weighted by atomic mass is 9.95. The number of nitrogens with one attached hydrogen (secondary N) is 1. The molecule has 12 nitrogen and oxygen atoms in total. The number of sulfonamides is 1. The van der Waals surface area contributed by atoms with Crippen molar-refractivity contribution in [1.82, 2.24) is 24.4 Å². The van der Waals surface area contributed by atoms with Crippen LogP contribution in [0.3, 0.4) is 0 Å². The van der Waals surface area contributed by atoms with E-state index in [9.17, 15) is 23.1 Å². The van der Waals surface area contributed by atoms with Crippen LogP contribution < -0.4 is 5.32 Å². The number of urea groups is 1. The number of nitrogens with zero attached hydrogens (tertiary/aromatic N) is 5. The Balaban J connectivity index is 1.38. The fraction of sp³-hybridized carbons (Fsp3) is 0.538. The number of aliphatic hydroxyl groups is 1. The molecule has 0 radical (unpaired) electrons. The molecule has 53 heavy (non-hydrogen) atoms. The summed E-state index contributed by atoms with van der Waals surface area (Å²) >= 11 is 1.58. The average Bonchev–Trinajstić information content (AvgIpc) is 3.92. The predicted molar refractivity (Wildman–Crippen MR) is 207 cm³/mol. The molecular formula is C39H54N6O6S2. The number of aromatic nitrogens is 1. The Kier molecular flexibility index (Phi) is 14.0. The molecule has 3 N–H and O–H groups in total. The SMILES string of the molecule is CCC(C)[C@@H](C(=O)N[C@@H](Cc1ccccc1)[C@H](O)CN(CC1CCCC1)S(=O)(=O)c1ccc(C=NO)cc1)N1CCN(Cc2csc(C(C)C)n2)C1=O. The number of thiazole rings is 1. The molecule has 3 aromatic rings. The van der Waals surface area contributed by atoms with Gasteiger partial charge < -0.3 is 25.4 Å². The summed E-state index contributed by atoms with van der Waals surface area (Å²) < 4.78 is 29.7. The summed E-state index contributed by atoms with van der Waals surface area (Å²) in [5, 5.41) is 30.0. The zero-order chi connectivity index (χ0) is 38.1. The molecule has 1 aromatic heterocycles. The molecule has 1 aliphatic heterocycles. The lowest BCUT2D eigenvalue weighted by molar-refractivity contribution is -0.128.